The van der Waals surface area contributed by atoms with Gasteiger partial charge in [-0.2, -0.15) is 0 Å². The summed E-state index contributed by atoms with van der Waals surface area (Å²) in [6, 6.07) is 0. The predicted molar refractivity (Wildman–Crippen MR) is 38.0 cm³/mol. The summed E-state index contributed by atoms with van der Waals surface area (Å²) in [4.78, 5) is 3.96. The zero-order valence-corrected chi connectivity index (χ0v) is 5.09. The van der Waals surface area contributed by atoms with Crippen molar-refractivity contribution >= 4 is 12.1 Å². The van der Waals surface area contributed by atoms with Crippen molar-refractivity contribution in [2.45, 2.75) is 6.42 Å². The highest BCUT2D eigenvalue weighted by Gasteiger charge is 2.01. The molecule has 0 unspecified atom stereocenters. The van der Waals surface area contributed by atoms with E-state index >= 15 is 0 Å². The van der Waals surface area contributed by atoms with Crippen molar-refractivity contribution in [2.24, 2.45) is 10.7 Å². The van der Waals surface area contributed by atoms with Crippen LogP contribution in [0.15, 0.2) is 16.6 Å². The fourth-order valence-electron chi connectivity index (χ4n) is 0.734. The fraction of sp³-hybridized carbons (Fsp3) is 0.333. The molecule has 3 heteroatoms. The standard InChI is InChI=1S/C6H9N3/c7-4-5-2-1-3-9-6(5)8/h2,4,7H,1,3H2,(H2,8,9). The molecular weight excluding hydrogens is 114 g/mol. The van der Waals surface area contributed by atoms with Gasteiger partial charge in [-0.25, -0.2) is 0 Å². The van der Waals surface area contributed by atoms with Gasteiger partial charge in [0.25, 0.3) is 0 Å². The highest BCUT2D eigenvalue weighted by Crippen LogP contribution is 2.00. The summed E-state index contributed by atoms with van der Waals surface area (Å²) < 4.78 is 0. The van der Waals surface area contributed by atoms with Crippen LogP contribution in [0, 0.1) is 5.41 Å². The Kier molecular flexibility index (Phi) is 1.63. The Morgan fingerprint density at radius 3 is 3.00 bits per heavy atom. The molecule has 0 aromatic rings. The minimum Gasteiger partial charge on any atom is -0.383 e. The molecule has 48 valence electrons. The van der Waals surface area contributed by atoms with E-state index in [-0.39, 0.29) is 0 Å². The first kappa shape index (κ1) is 6.01. The first-order valence-corrected chi connectivity index (χ1v) is 2.85. The lowest BCUT2D eigenvalue weighted by molar-refractivity contribution is 0.983. The van der Waals surface area contributed by atoms with Crippen molar-refractivity contribution in [3.05, 3.63) is 11.6 Å². The minimum absolute atomic E-state index is 0.497. The average Bonchev–Trinajstić information content (AvgIpc) is 1.89. The van der Waals surface area contributed by atoms with E-state index in [9.17, 15) is 0 Å². The number of nitrogens with two attached hydrogens (primary N) is 1. The summed E-state index contributed by atoms with van der Waals surface area (Å²) in [5.74, 6) is 0.497. The average molecular weight is 123 g/mol. The maximum absolute atomic E-state index is 6.87. The van der Waals surface area contributed by atoms with E-state index < -0.39 is 0 Å². The molecule has 0 atom stereocenters. The van der Waals surface area contributed by atoms with E-state index in [1.54, 1.807) is 0 Å². The van der Waals surface area contributed by atoms with Crippen LogP contribution in [-0.2, 0) is 0 Å². The van der Waals surface area contributed by atoms with Crippen LogP contribution in [0.3, 0.4) is 0 Å². The van der Waals surface area contributed by atoms with Crippen LogP contribution in [0.4, 0.5) is 0 Å². The second-order valence-electron chi connectivity index (χ2n) is 1.86. The van der Waals surface area contributed by atoms with E-state index in [0.29, 0.717) is 5.84 Å². The van der Waals surface area contributed by atoms with Crippen molar-refractivity contribution in [3.63, 3.8) is 0 Å². The summed E-state index contributed by atoms with van der Waals surface area (Å²) in [5.41, 5.74) is 6.17. The van der Waals surface area contributed by atoms with Crippen LogP contribution in [0.25, 0.3) is 0 Å². The molecule has 1 aliphatic rings. The molecule has 0 amide bonds. The van der Waals surface area contributed by atoms with Crippen molar-refractivity contribution in [3.8, 4) is 0 Å². The van der Waals surface area contributed by atoms with Gasteiger partial charge in [0.2, 0.25) is 0 Å². The van der Waals surface area contributed by atoms with Crippen molar-refractivity contribution in [2.75, 3.05) is 6.54 Å². The highest BCUT2D eigenvalue weighted by molar-refractivity contribution is 6.13. The smallest absolute Gasteiger partial charge is 0.126 e. The van der Waals surface area contributed by atoms with Gasteiger partial charge in [0.15, 0.2) is 0 Å². The first-order chi connectivity index (χ1) is 4.34. The van der Waals surface area contributed by atoms with E-state index in [0.717, 1.165) is 18.5 Å². The highest BCUT2D eigenvalue weighted by atomic mass is 14.9. The summed E-state index contributed by atoms with van der Waals surface area (Å²) in [6.45, 7) is 0.767. The number of hydrogen-bond acceptors (Lipinski definition) is 3. The molecular formula is C6H9N3. The minimum atomic E-state index is 0.497. The number of nitrogens with one attached hydrogen (secondary N) is 1. The lowest BCUT2D eigenvalue weighted by Gasteiger charge is -2.04. The molecule has 1 aliphatic heterocycles. The second kappa shape index (κ2) is 2.44. The van der Waals surface area contributed by atoms with Crippen LogP contribution < -0.4 is 5.73 Å². The number of hydrogen-bond donors (Lipinski definition) is 2. The molecule has 3 N–H and O–H groups in total. The molecule has 0 fully saturated rings. The molecule has 3 nitrogen and oxygen atoms in total. The topological polar surface area (TPSA) is 62.2 Å². The van der Waals surface area contributed by atoms with Crippen LogP contribution in [-0.4, -0.2) is 18.6 Å². The number of amidine groups is 1. The molecule has 0 saturated heterocycles. The third-order valence-electron chi connectivity index (χ3n) is 1.23. The quantitative estimate of drug-likeness (QED) is 0.485. The van der Waals surface area contributed by atoms with Crippen LogP contribution in [0.5, 0.6) is 0 Å². The molecule has 0 aromatic heterocycles. The molecule has 0 radical (unpaired) electrons. The van der Waals surface area contributed by atoms with Gasteiger partial charge >= 0.3 is 0 Å². The third kappa shape index (κ3) is 1.16. The first-order valence-electron chi connectivity index (χ1n) is 2.85. The van der Waals surface area contributed by atoms with Crippen LogP contribution >= 0.6 is 0 Å². The van der Waals surface area contributed by atoms with Gasteiger partial charge in [-0.1, -0.05) is 6.08 Å². The number of dihydropyridines is 1. The van der Waals surface area contributed by atoms with E-state index in [4.69, 9.17) is 11.1 Å². The van der Waals surface area contributed by atoms with Gasteiger partial charge in [-0.05, 0) is 6.42 Å². The fourth-order valence-corrected chi connectivity index (χ4v) is 0.734. The predicted octanol–water partition coefficient (Wildman–Crippen LogP) is 0.323. The van der Waals surface area contributed by atoms with Crippen molar-refractivity contribution in [1.29, 1.82) is 5.41 Å². The molecule has 9 heavy (non-hydrogen) atoms. The van der Waals surface area contributed by atoms with Gasteiger partial charge in [0.05, 0.1) is 0 Å². The lowest BCUT2D eigenvalue weighted by Crippen LogP contribution is -2.18. The molecule has 0 aliphatic carbocycles. The Bertz CT molecular complexity index is 179. The number of rotatable bonds is 1. The van der Waals surface area contributed by atoms with Crippen molar-refractivity contribution in [1.82, 2.24) is 0 Å². The van der Waals surface area contributed by atoms with Gasteiger partial charge in [0.1, 0.15) is 5.84 Å². The Balaban J connectivity index is 2.79. The van der Waals surface area contributed by atoms with E-state index in [1.165, 1.54) is 6.21 Å². The van der Waals surface area contributed by atoms with Gasteiger partial charge < -0.3 is 11.1 Å². The molecule has 0 aromatic carbocycles. The normalized spacial score (nSPS) is 18.2. The number of aliphatic imine (C=N–C) groups is 1. The molecule has 1 rings (SSSR count). The largest absolute Gasteiger partial charge is 0.383 e. The Hall–Kier alpha value is -1.12. The lowest BCUT2D eigenvalue weighted by atomic mass is 10.2. The maximum Gasteiger partial charge on any atom is 0.126 e. The summed E-state index contributed by atoms with van der Waals surface area (Å²) >= 11 is 0. The Morgan fingerprint density at radius 1 is 1.78 bits per heavy atom. The van der Waals surface area contributed by atoms with Gasteiger partial charge in [0, 0.05) is 18.3 Å². The molecule has 1 heterocycles. The zero-order valence-electron chi connectivity index (χ0n) is 5.09. The molecule has 0 bridgehead atoms. The van der Waals surface area contributed by atoms with Crippen LogP contribution in [0.1, 0.15) is 6.42 Å². The van der Waals surface area contributed by atoms with E-state index in [2.05, 4.69) is 4.99 Å². The summed E-state index contributed by atoms with van der Waals surface area (Å²) in [5, 5.41) is 6.87. The molecule has 0 spiro atoms. The number of nitrogens with zero attached hydrogens (tertiary/aromatic N) is 1. The van der Waals surface area contributed by atoms with Crippen molar-refractivity contribution < 1.29 is 0 Å². The maximum atomic E-state index is 6.87. The van der Waals surface area contributed by atoms with Gasteiger partial charge in [-0.15, -0.1) is 0 Å². The van der Waals surface area contributed by atoms with Crippen LogP contribution in [0.2, 0.25) is 0 Å². The molecule has 0 saturated carbocycles. The Labute approximate surface area is 53.8 Å². The SMILES string of the molecule is N=CC1=CCCN=C1N. The third-order valence-corrected chi connectivity index (χ3v) is 1.23. The zero-order chi connectivity index (χ0) is 6.69. The second-order valence-corrected chi connectivity index (χ2v) is 1.86. The van der Waals surface area contributed by atoms with E-state index in [1.807, 2.05) is 6.08 Å². The summed E-state index contributed by atoms with van der Waals surface area (Å²) in [7, 11) is 0. The Morgan fingerprint density at radius 2 is 2.56 bits per heavy atom. The monoisotopic (exact) mass is 123 g/mol. The van der Waals surface area contributed by atoms with Gasteiger partial charge in [-0.3, -0.25) is 4.99 Å². The summed E-state index contributed by atoms with van der Waals surface area (Å²) in [6.07, 6.45) is 4.07.